The normalized spacial score (nSPS) is 17.1. The molecular formula is C10H12ClN3S. The molecule has 1 atom stereocenters. The van der Waals surface area contributed by atoms with E-state index in [2.05, 4.69) is 17.2 Å². The minimum Gasteiger partial charge on any atom is -0.358 e. The molecule has 15 heavy (non-hydrogen) atoms. The van der Waals surface area contributed by atoms with Gasteiger partial charge in [0.2, 0.25) is 0 Å². The predicted octanol–water partition coefficient (Wildman–Crippen LogP) is 3.27. The summed E-state index contributed by atoms with van der Waals surface area (Å²) in [5.41, 5.74) is 0. The van der Waals surface area contributed by atoms with Crippen LogP contribution in [-0.4, -0.2) is 11.0 Å². The largest absolute Gasteiger partial charge is 0.358 e. The van der Waals surface area contributed by atoms with Gasteiger partial charge in [-0.05, 0) is 25.2 Å². The molecule has 1 saturated carbocycles. The first kappa shape index (κ1) is 10.7. The average Bonchev–Trinajstić information content (AvgIpc) is 3.00. The van der Waals surface area contributed by atoms with Crippen molar-refractivity contribution in [2.45, 2.75) is 32.2 Å². The van der Waals surface area contributed by atoms with Crippen molar-refractivity contribution in [3.05, 3.63) is 10.0 Å². The van der Waals surface area contributed by atoms with Gasteiger partial charge in [-0.3, -0.25) is 0 Å². The van der Waals surface area contributed by atoms with Gasteiger partial charge in [0.25, 0.3) is 0 Å². The smallest absolute Gasteiger partial charge is 0.185 e. The summed E-state index contributed by atoms with van der Waals surface area (Å²) < 4.78 is 0. The Balaban J connectivity index is 2.06. The van der Waals surface area contributed by atoms with Crippen LogP contribution >= 0.6 is 22.9 Å². The number of anilines is 1. The summed E-state index contributed by atoms with van der Waals surface area (Å²) in [6, 6.07) is 2.52. The molecule has 1 aliphatic rings. The Morgan fingerprint density at radius 3 is 2.93 bits per heavy atom. The topological polar surface area (TPSA) is 48.7 Å². The molecule has 1 fully saturated rings. The summed E-state index contributed by atoms with van der Waals surface area (Å²) in [6.07, 6.45) is 3.69. The number of thiazole rings is 1. The fraction of sp³-hybridized carbons (Fsp3) is 0.600. The summed E-state index contributed by atoms with van der Waals surface area (Å²) in [5.74, 6) is 0.781. The fourth-order valence-corrected chi connectivity index (χ4v) is 2.65. The van der Waals surface area contributed by atoms with E-state index >= 15 is 0 Å². The minimum absolute atomic E-state index is 0.315. The molecule has 0 saturated heterocycles. The number of nitrogens with zero attached hydrogens (tertiary/aromatic N) is 2. The lowest BCUT2D eigenvalue weighted by Crippen LogP contribution is -2.20. The van der Waals surface area contributed by atoms with Crippen molar-refractivity contribution in [3.8, 4) is 6.07 Å². The summed E-state index contributed by atoms with van der Waals surface area (Å²) >= 11 is 7.14. The second-order valence-corrected chi connectivity index (χ2v) is 5.10. The Morgan fingerprint density at radius 1 is 1.73 bits per heavy atom. The highest BCUT2D eigenvalue weighted by atomic mass is 35.5. The number of halogens is 1. The van der Waals surface area contributed by atoms with Crippen LogP contribution in [0.3, 0.4) is 0 Å². The van der Waals surface area contributed by atoms with Crippen molar-refractivity contribution in [2.75, 3.05) is 5.32 Å². The van der Waals surface area contributed by atoms with E-state index in [-0.39, 0.29) is 0 Å². The van der Waals surface area contributed by atoms with Gasteiger partial charge in [-0.15, -0.1) is 0 Å². The molecule has 0 radical (unpaired) electrons. The summed E-state index contributed by atoms with van der Waals surface area (Å²) in [5, 5.41) is 13.2. The van der Waals surface area contributed by atoms with Crippen LogP contribution in [0.15, 0.2) is 0 Å². The van der Waals surface area contributed by atoms with Crippen molar-refractivity contribution < 1.29 is 0 Å². The standard InChI is InChI=1S/C10H12ClN3S/c1-2-7(6-3-4-6)13-10-14-9(11)8(5-12)15-10/h6-7H,2-4H2,1H3,(H,13,14). The zero-order chi connectivity index (χ0) is 10.8. The molecule has 1 aromatic rings. The van der Waals surface area contributed by atoms with E-state index in [1.165, 1.54) is 24.2 Å². The number of rotatable bonds is 4. The maximum Gasteiger partial charge on any atom is 0.185 e. The van der Waals surface area contributed by atoms with Gasteiger partial charge in [-0.1, -0.05) is 29.9 Å². The number of hydrogen-bond acceptors (Lipinski definition) is 4. The van der Waals surface area contributed by atoms with E-state index in [1.54, 1.807) is 0 Å². The summed E-state index contributed by atoms with van der Waals surface area (Å²) in [6.45, 7) is 2.16. The first-order valence-electron chi connectivity index (χ1n) is 5.07. The number of nitriles is 1. The molecule has 1 aromatic heterocycles. The van der Waals surface area contributed by atoms with Gasteiger partial charge in [0.1, 0.15) is 10.9 Å². The van der Waals surface area contributed by atoms with E-state index in [0.29, 0.717) is 16.1 Å². The summed E-state index contributed by atoms with van der Waals surface area (Å²) in [7, 11) is 0. The minimum atomic E-state index is 0.315. The molecule has 3 nitrogen and oxygen atoms in total. The number of nitrogens with one attached hydrogen (secondary N) is 1. The Hall–Kier alpha value is -0.790. The average molecular weight is 242 g/mol. The molecular weight excluding hydrogens is 230 g/mol. The zero-order valence-electron chi connectivity index (χ0n) is 8.46. The lowest BCUT2D eigenvalue weighted by atomic mass is 10.1. The lowest BCUT2D eigenvalue weighted by Gasteiger charge is -2.14. The second kappa shape index (κ2) is 4.38. The van der Waals surface area contributed by atoms with Crippen LogP contribution in [0.4, 0.5) is 5.13 Å². The first-order valence-corrected chi connectivity index (χ1v) is 6.27. The van der Waals surface area contributed by atoms with Crippen LogP contribution in [0, 0.1) is 17.2 Å². The quantitative estimate of drug-likeness (QED) is 0.880. The molecule has 0 bridgehead atoms. The van der Waals surface area contributed by atoms with E-state index in [0.717, 1.165) is 17.5 Å². The number of hydrogen-bond donors (Lipinski definition) is 1. The third kappa shape index (κ3) is 2.42. The molecule has 0 spiro atoms. The zero-order valence-corrected chi connectivity index (χ0v) is 10.0. The third-order valence-electron chi connectivity index (χ3n) is 2.63. The maximum atomic E-state index is 8.75. The Kier molecular flexibility index (Phi) is 3.13. The molecule has 0 aliphatic heterocycles. The SMILES string of the molecule is CCC(Nc1nc(Cl)c(C#N)s1)C1CC1. The molecule has 1 N–H and O–H groups in total. The van der Waals surface area contributed by atoms with Gasteiger partial charge in [0.15, 0.2) is 10.3 Å². The molecule has 1 heterocycles. The monoisotopic (exact) mass is 241 g/mol. The fourth-order valence-electron chi connectivity index (χ4n) is 1.64. The Bertz CT molecular complexity index is 392. The van der Waals surface area contributed by atoms with Crippen LogP contribution in [0.25, 0.3) is 0 Å². The highest BCUT2D eigenvalue weighted by Crippen LogP contribution is 2.36. The third-order valence-corrected chi connectivity index (χ3v) is 3.90. The molecule has 1 unspecified atom stereocenters. The van der Waals surface area contributed by atoms with Crippen molar-refractivity contribution >= 4 is 28.1 Å². The van der Waals surface area contributed by atoms with Crippen molar-refractivity contribution in [1.29, 1.82) is 5.26 Å². The van der Waals surface area contributed by atoms with Gasteiger partial charge in [-0.2, -0.15) is 5.26 Å². The highest BCUT2D eigenvalue weighted by molar-refractivity contribution is 7.16. The van der Waals surface area contributed by atoms with Crippen LogP contribution < -0.4 is 5.32 Å². The van der Waals surface area contributed by atoms with E-state index in [4.69, 9.17) is 16.9 Å². The molecule has 5 heteroatoms. The van der Waals surface area contributed by atoms with E-state index in [1.807, 2.05) is 6.07 Å². The van der Waals surface area contributed by atoms with Gasteiger partial charge in [-0.25, -0.2) is 4.98 Å². The van der Waals surface area contributed by atoms with Crippen molar-refractivity contribution in [3.63, 3.8) is 0 Å². The van der Waals surface area contributed by atoms with Gasteiger partial charge < -0.3 is 5.32 Å². The Morgan fingerprint density at radius 2 is 2.47 bits per heavy atom. The maximum absolute atomic E-state index is 8.75. The Labute approximate surface area is 98.1 Å². The van der Waals surface area contributed by atoms with Crippen molar-refractivity contribution in [2.24, 2.45) is 5.92 Å². The van der Waals surface area contributed by atoms with Crippen LogP contribution in [0.1, 0.15) is 31.1 Å². The molecule has 80 valence electrons. The summed E-state index contributed by atoms with van der Waals surface area (Å²) in [4.78, 5) is 4.62. The first-order chi connectivity index (χ1) is 7.24. The van der Waals surface area contributed by atoms with Gasteiger partial charge in [0, 0.05) is 6.04 Å². The molecule has 2 rings (SSSR count). The molecule has 1 aliphatic carbocycles. The van der Waals surface area contributed by atoms with Gasteiger partial charge >= 0.3 is 0 Å². The lowest BCUT2D eigenvalue weighted by molar-refractivity contribution is 0.616. The second-order valence-electron chi connectivity index (χ2n) is 3.75. The van der Waals surface area contributed by atoms with Crippen molar-refractivity contribution in [1.82, 2.24) is 4.98 Å². The number of aromatic nitrogens is 1. The molecule has 0 amide bonds. The van der Waals surface area contributed by atoms with E-state index < -0.39 is 0 Å². The van der Waals surface area contributed by atoms with Gasteiger partial charge in [0.05, 0.1) is 0 Å². The van der Waals surface area contributed by atoms with E-state index in [9.17, 15) is 0 Å². The molecule has 0 aromatic carbocycles. The highest BCUT2D eigenvalue weighted by Gasteiger charge is 2.30. The van der Waals surface area contributed by atoms with Crippen LogP contribution in [-0.2, 0) is 0 Å². The van der Waals surface area contributed by atoms with Crippen LogP contribution in [0.5, 0.6) is 0 Å². The predicted molar refractivity (Wildman–Crippen MR) is 62.3 cm³/mol. The van der Waals surface area contributed by atoms with Crippen LogP contribution in [0.2, 0.25) is 5.15 Å².